The molecular formula is C18H30N2O6S. The first-order chi connectivity index (χ1) is 13.1. The Hall–Kier alpha value is -1.16. The number of carbonyl (C=O) groups excluding carboxylic acids is 3. The molecule has 0 bridgehead atoms. The molecule has 1 aliphatic heterocycles. The summed E-state index contributed by atoms with van der Waals surface area (Å²) < 4.78 is 10.2. The van der Waals surface area contributed by atoms with Crippen LogP contribution >= 0.6 is 11.8 Å². The number of aliphatic hydroxyl groups is 1. The standard InChI is InChI=1S/C18H30N2O6S/c1-25-9-10-26-8-6-16(22)19-13-2-4-14(5-3-13)20-17(23)12-15(18(20)24)27-11-7-21/h13-15,21H,2-12H2,1H3,(H,19,22). The summed E-state index contributed by atoms with van der Waals surface area (Å²) >= 11 is 1.35. The second-order valence-corrected chi connectivity index (χ2v) is 8.13. The monoisotopic (exact) mass is 402 g/mol. The third-order valence-corrected chi connectivity index (χ3v) is 6.07. The fourth-order valence-electron chi connectivity index (χ4n) is 3.52. The average Bonchev–Trinajstić information content (AvgIpc) is 2.94. The smallest absolute Gasteiger partial charge is 0.243 e. The number of carbonyl (C=O) groups is 3. The van der Waals surface area contributed by atoms with E-state index in [1.165, 1.54) is 16.7 Å². The van der Waals surface area contributed by atoms with E-state index in [1.807, 2.05) is 0 Å². The van der Waals surface area contributed by atoms with Gasteiger partial charge in [0, 0.05) is 37.8 Å². The molecule has 3 amide bonds. The van der Waals surface area contributed by atoms with Crippen molar-refractivity contribution in [2.24, 2.45) is 0 Å². The molecule has 1 saturated heterocycles. The number of thioether (sulfide) groups is 1. The molecule has 1 unspecified atom stereocenters. The van der Waals surface area contributed by atoms with Crippen molar-refractivity contribution in [1.82, 2.24) is 10.2 Å². The molecular weight excluding hydrogens is 372 g/mol. The van der Waals surface area contributed by atoms with Gasteiger partial charge in [0.1, 0.15) is 0 Å². The van der Waals surface area contributed by atoms with Crippen LogP contribution in [0.1, 0.15) is 38.5 Å². The molecule has 1 atom stereocenters. The van der Waals surface area contributed by atoms with Gasteiger partial charge in [0.05, 0.1) is 31.7 Å². The maximum absolute atomic E-state index is 12.5. The fraction of sp³-hybridized carbons (Fsp3) is 0.833. The van der Waals surface area contributed by atoms with Crippen LogP contribution in [0.4, 0.5) is 0 Å². The predicted octanol–water partition coefficient (Wildman–Crippen LogP) is 0.320. The molecule has 1 aliphatic carbocycles. The highest BCUT2D eigenvalue weighted by molar-refractivity contribution is 8.00. The summed E-state index contributed by atoms with van der Waals surface area (Å²) in [7, 11) is 1.60. The minimum atomic E-state index is -0.361. The Balaban J connectivity index is 1.69. The Kier molecular flexibility index (Phi) is 9.53. The largest absolute Gasteiger partial charge is 0.396 e. The van der Waals surface area contributed by atoms with Gasteiger partial charge >= 0.3 is 0 Å². The summed E-state index contributed by atoms with van der Waals surface area (Å²) in [6.07, 6.45) is 3.48. The predicted molar refractivity (Wildman–Crippen MR) is 101 cm³/mol. The maximum atomic E-state index is 12.5. The Bertz CT molecular complexity index is 510. The van der Waals surface area contributed by atoms with Crippen LogP contribution in [0.5, 0.6) is 0 Å². The van der Waals surface area contributed by atoms with E-state index in [-0.39, 0.29) is 48.1 Å². The lowest BCUT2D eigenvalue weighted by molar-refractivity contribution is -0.142. The van der Waals surface area contributed by atoms with Gasteiger partial charge in [0.15, 0.2) is 0 Å². The molecule has 154 valence electrons. The lowest BCUT2D eigenvalue weighted by Gasteiger charge is -2.34. The highest BCUT2D eigenvalue weighted by Gasteiger charge is 2.43. The van der Waals surface area contributed by atoms with Gasteiger partial charge in [-0.2, -0.15) is 0 Å². The van der Waals surface area contributed by atoms with E-state index in [1.54, 1.807) is 7.11 Å². The Morgan fingerprint density at radius 2 is 1.96 bits per heavy atom. The van der Waals surface area contributed by atoms with Gasteiger partial charge in [-0.05, 0) is 25.7 Å². The van der Waals surface area contributed by atoms with Crippen molar-refractivity contribution >= 4 is 29.5 Å². The number of imide groups is 1. The van der Waals surface area contributed by atoms with Crippen LogP contribution in [0.2, 0.25) is 0 Å². The number of hydrogen-bond acceptors (Lipinski definition) is 7. The number of rotatable bonds is 11. The van der Waals surface area contributed by atoms with Crippen molar-refractivity contribution in [3.05, 3.63) is 0 Å². The summed E-state index contributed by atoms with van der Waals surface area (Å²) in [6.45, 7) is 1.36. The minimum absolute atomic E-state index is 0.00483. The van der Waals surface area contributed by atoms with Crippen LogP contribution < -0.4 is 5.32 Å². The number of hydrogen-bond donors (Lipinski definition) is 2. The molecule has 2 rings (SSSR count). The van der Waals surface area contributed by atoms with E-state index < -0.39 is 0 Å². The highest BCUT2D eigenvalue weighted by Crippen LogP contribution is 2.31. The van der Waals surface area contributed by atoms with Gasteiger partial charge in [-0.15, -0.1) is 11.8 Å². The summed E-state index contributed by atoms with van der Waals surface area (Å²) in [5, 5.41) is 11.6. The van der Waals surface area contributed by atoms with Gasteiger partial charge in [0.2, 0.25) is 17.7 Å². The van der Waals surface area contributed by atoms with Crippen LogP contribution in [0.25, 0.3) is 0 Å². The molecule has 1 saturated carbocycles. The van der Waals surface area contributed by atoms with Gasteiger partial charge in [0.25, 0.3) is 0 Å². The first kappa shape index (κ1) is 22.1. The van der Waals surface area contributed by atoms with Gasteiger partial charge in [-0.25, -0.2) is 0 Å². The minimum Gasteiger partial charge on any atom is -0.396 e. The molecule has 2 aliphatic rings. The van der Waals surface area contributed by atoms with Crippen molar-refractivity contribution in [3.63, 3.8) is 0 Å². The van der Waals surface area contributed by atoms with Crippen molar-refractivity contribution in [2.75, 3.05) is 39.3 Å². The maximum Gasteiger partial charge on any atom is 0.243 e. The molecule has 2 fully saturated rings. The van der Waals surface area contributed by atoms with Gasteiger partial charge in [-0.3, -0.25) is 19.3 Å². The van der Waals surface area contributed by atoms with Crippen molar-refractivity contribution in [3.8, 4) is 0 Å². The van der Waals surface area contributed by atoms with Gasteiger partial charge in [-0.1, -0.05) is 0 Å². The number of methoxy groups -OCH3 is 1. The molecule has 0 aromatic carbocycles. The molecule has 8 nitrogen and oxygen atoms in total. The van der Waals surface area contributed by atoms with Crippen LogP contribution in [0.3, 0.4) is 0 Å². The van der Waals surface area contributed by atoms with Crippen molar-refractivity contribution in [1.29, 1.82) is 0 Å². The molecule has 2 N–H and O–H groups in total. The molecule has 0 radical (unpaired) electrons. The van der Waals surface area contributed by atoms with Crippen LogP contribution in [-0.2, 0) is 23.9 Å². The van der Waals surface area contributed by atoms with Crippen LogP contribution in [0.15, 0.2) is 0 Å². The third-order valence-electron chi connectivity index (χ3n) is 4.88. The van der Waals surface area contributed by atoms with Crippen LogP contribution in [-0.4, -0.2) is 84.4 Å². The second-order valence-electron chi connectivity index (χ2n) is 6.82. The van der Waals surface area contributed by atoms with E-state index in [4.69, 9.17) is 14.6 Å². The Morgan fingerprint density at radius 1 is 1.22 bits per heavy atom. The van der Waals surface area contributed by atoms with E-state index in [9.17, 15) is 14.4 Å². The number of likely N-dealkylation sites (tertiary alicyclic amines) is 1. The van der Waals surface area contributed by atoms with Crippen molar-refractivity contribution in [2.45, 2.75) is 55.9 Å². The summed E-state index contributed by atoms with van der Waals surface area (Å²) in [4.78, 5) is 38.1. The third kappa shape index (κ3) is 6.74. The molecule has 9 heteroatoms. The van der Waals surface area contributed by atoms with E-state index in [0.29, 0.717) is 44.8 Å². The summed E-state index contributed by atoms with van der Waals surface area (Å²) in [5.74, 6) is 0.186. The number of amides is 3. The SMILES string of the molecule is COCCOCCC(=O)NC1CCC(N2C(=O)CC(SCCO)C2=O)CC1. The van der Waals surface area contributed by atoms with Gasteiger partial charge < -0.3 is 19.9 Å². The zero-order valence-electron chi connectivity index (χ0n) is 15.9. The lowest BCUT2D eigenvalue weighted by Crippen LogP contribution is -2.46. The van der Waals surface area contributed by atoms with Crippen LogP contribution in [0, 0.1) is 0 Å². The quantitative estimate of drug-likeness (QED) is 0.379. The molecule has 0 aromatic rings. The van der Waals surface area contributed by atoms with E-state index >= 15 is 0 Å². The number of aliphatic hydroxyl groups excluding tert-OH is 1. The highest BCUT2D eigenvalue weighted by atomic mass is 32.2. The molecule has 1 heterocycles. The molecule has 27 heavy (non-hydrogen) atoms. The number of nitrogens with one attached hydrogen (secondary N) is 1. The normalized spacial score (nSPS) is 25.9. The number of nitrogens with zero attached hydrogens (tertiary/aromatic N) is 1. The zero-order valence-corrected chi connectivity index (χ0v) is 16.7. The lowest BCUT2D eigenvalue weighted by atomic mass is 9.90. The van der Waals surface area contributed by atoms with E-state index in [0.717, 1.165) is 12.8 Å². The Labute approximate surface area is 164 Å². The average molecular weight is 403 g/mol. The summed E-state index contributed by atoms with van der Waals surface area (Å²) in [5.41, 5.74) is 0. The fourth-order valence-corrected chi connectivity index (χ4v) is 4.42. The topological polar surface area (TPSA) is 105 Å². The zero-order chi connectivity index (χ0) is 19.6. The Morgan fingerprint density at radius 3 is 2.63 bits per heavy atom. The molecule has 0 spiro atoms. The molecule has 0 aromatic heterocycles. The first-order valence-electron chi connectivity index (χ1n) is 9.51. The second kappa shape index (κ2) is 11.6. The first-order valence-corrected chi connectivity index (χ1v) is 10.6. The summed E-state index contributed by atoms with van der Waals surface area (Å²) in [6, 6.07) is 0.00958. The number of ether oxygens (including phenoxy) is 2. The van der Waals surface area contributed by atoms with E-state index in [2.05, 4.69) is 5.32 Å². The van der Waals surface area contributed by atoms with Crippen molar-refractivity contribution < 1.29 is 29.0 Å².